The fraction of sp³-hybridized carbons (Fsp3) is 0.429. The first-order valence-corrected chi connectivity index (χ1v) is 6.86. The van der Waals surface area contributed by atoms with Crippen LogP contribution >= 0.6 is 15.9 Å². The molecule has 1 fully saturated rings. The second-order valence-corrected chi connectivity index (χ2v) is 5.77. The Balaban J connectivity index is 2.06. The number of halogens is 1. The predicted octanol–water partition coefficient (Wildman–Crippen LogP) is 2.95. The largest absolute Gasteiger partial charge is 0.465 e. The Hall–Kier alpha value is -1.36. The van der Waals surface area contributed by atoms with Gasteiger partial charge in [-0.3, -0.25) is 4.79 Å². The molecular formula is C14H15BrO4. The molecule has 0 saturated carbocycles. The lowest BCUT2D eigenvalue weighted by atomic mass is 9.83. The van der Waals surface area contributed by atoms with Crippen LogP contribution in [0.15, 0.2) is 28.7 Å². The SMILES string of the molecule is CC(OC(=O)c1ccc(Br)cc1)C1(C)CCOC1=O. The molecule has 0 amide bonds. The molecule has 102 valence electrons. The molecule has 0 aromatic heterocycles. The average Bonchev–Trinajstić information content (AvgIpc) is 2.71. The first-order valence-electron chi connectivity index (χ1n) is 6.07. The molecule has 1 aromatic rings. The Labute approximate surface area is 120 Å². The van der Waals surface area contributed by atoms with Gasteiger partial charge in [-0.2, -0.15) is 0 Å². The van der Waals surface area contributed by atoms with Crippen LogP contribution in [0.25, 0.3) is 0 Å². The van der Waals surface area contributed by atoms with E-state index in [9.17, 15) is 9.59 Å². The van der Waals surface area contributed by atoms with Crippen LogP contribution in [0.2, 0.25) is 0 Å². The van der Waals surface area contributed by atoms with Crippen LogP contribution in [-0.4, -0.2) is 24.6 Å². The molecule has 0 bridgehead atoms. The summed E-state index contributed by atoms with van der Waals surface area (Å²) in [5.74, 6) is -0.732. The van der Waals surface area contributed by atoms with Crippen molar-refractivity contribution >= 4 is 27.9 Å². The first kappa shape index (κ1) is 14.1. The van der Waals surface area contributed by atoms with E-state index in [-0.39, 0.29) is 5.97 Å². The Morgan fingerprint density at radius 3 is 2.58 bits per heavy atom. The predicted molar refractivity (Wildman–Crippen MR) is 72.7 cm³/mol. The molecule has 0 aliphatic carbocycles. The molecule has 2 atom stereocenters. The third kappa shape index (κ3) is 2.81. The number of hydrogen-bond donors (Lipinski definition) is 0. The molecule has 1 heterocycles. The number of cyclic esters (lactones) is 1. The quantitative estimate of drug-likeness (QED) is 0.801. The van der Waals surface area contributed by atoms with E-state index in [1.165, 1.54) is 0 Å². The van der Waals surface area contributed by atoms with Crippen molar-refractivity contribution in [3.8, 4) is 0 Å². The lowest BCUT2D eigenvalue weighted by molar-refractivity contribution is -0.150. The molecule has 1 aliphatic heterocycles. The van der Waals surface area contributed by atoms with Gasteiger partial charge in [0.05, 0.1) is 12.2 Å². The van der Waals surface area contributed by atoms with Crippen molar-refractivity contribution < 1.29 is 19.1 Å². The van der Waals surface area contributed by atoms with Crippen molar-refractivity contribution in [1.29, 1.82) is 0 Å². The fourth-order valence-electron chi connectivity index (χ4n) is 1.94. The fourth-order valence-corrected chi connectivity index (χ4v) is 2.20. The number of carbonyl (C=O) groups is 2. The summed E-state index contributed by atoms with van der Waals surface area (Å²) >= 11 is 3.30. The number of rotatable bonds is 3. The highest BCUT2D eigenvalue weighted by Gasteiger charge is 2.46. The molecule has 0 radical (unpaired) electrons. The molecule has 0 N–H and O–H groups in total. The van der Waals surface area contributed by atoms with Gasteiger partial charge in [-0.25, -0.2) is 4.79 Å². The normalized spacial score (nSPS) is 23.8. The second-order valence-electron chi connectivity index (χ2n) is 4.86. The summed E-state index contributed by atoms with van der Waals surface area (Å²) in [6.45, 7) is 3.88. The van der Waals surface area contributed by atoms with E-state index in [1.807, 2.05) is 0 Å². The minimum Gasteiger partial charge on any atom is -0.465 e. The molecular weight excluding hydrogens is 312 g/mol. The molecule has 4 nitrogen and oxygen atoms in total. The molecule has 5 heteroatoms. The van der Waals surface area contributed by atoms with Gasteiger partial charge in [0.1, 0.15) is 11.5 Å². The van der Waals surface area contributed by atoms with E-state index in [4.69, 9.17) is 9.47 Å². The third-order valence-electron chi connectivity index (χ3n) is 3.58. The third-order valence-corrected chi connectivity index (χ3v) is 4.11. The highest BCUT2D eigenvalue weighted by molar-refractivity contribution is 9.10. The number of esters is 2. The number of carbonyl (C=O) groups excluding carboxylic acids is 2. The van der Waals surface area contributed by atoms with Crippen molar-refractivity contribution in [3.63, 3.8) is 0 Å². The van der Waals surface area contributed by atoms with Crippen LogP contribution in [-0.2, 0) is 14.3 Å². The summed E-state index contributed by atoms with van der Waals surface area (Å²) in [5, 5.41) is 0. The number of hydrogen-bond acceptors (Lipinski definition) is 4. The molecule has 0 spiro atoms. The molecule has 19 heavy (non-hydrogen) atoms. The molecule has 2 rings (SSSR count). The van der Waals surface area contributed by atoms with Crippen molar-refractivity contribution in [2.75, 3.05) is 6.61 Å². The lowest BCUT2D eigenvalue weighted by Crippen LogP contribution is -2.37. The standard InChI is InChI=1S/C14H15BrO4/c1-9(14(2)7-8-18-13(14)17)19-12(16)10-3-5-11(15)6-4-10/h3-6,9H,7-8H2,1-2H3. The molecule has 1 aliphatic rings. The highest BCUT2D eigenvalue weighted by Crippen LogP contribution is 2.35. The van der Waals surface area contributed by atoms with E-state index < -0.39 is 17.5 Å². The maximum Gasteiger partial charge on any atom is 0.338 e. The topological polar surface area (TPSA) is 52.6 Å². The van der Waals surface area contributed by atoms with E-state index in [0.29, 0.717) is 18.6 Å². The maximum atomic E-state index is 12.0. The van der Waals surface area contributed by atoms with Crippen LogP contribution in [0.5, 0.6) is 0 Å². The summed E-state index contributed by atoms with van der Waals surface area (Å²) in [6.07, 6.45) is 0.0549. The zero-order valence-electron chi connectivity index (χ0n) is 10.8. The average molecular weight is 327 g/mol. The van der Waals surface area contributed by atoms with Crippen molar-refractivity contribution in [1.82, 2.24) is 0 Å². The maximum absolute atomic E-state index is 12.0. The smallest absolute Gasteiger partial charge is 0.338 e. The van der Waals surface area contributed by atoms with E-state index >= 15 is 0 Å². The molecule has 1 aromatic carbocycles. The highest BCUT2D eigenvalue weighted by atomic mass is 79.9. The Morgan fingerprint density at radius 1 is 1.42 bits per heavy atom. The number of benzene rings is 1. The Morgan fingerprint density at radius 2 is 2.05 bits per heavy atom. The summed E-state index contributed by atoms with van der Waals surface area (Å²) in [6, 6.07) is 6.89. The van der Waals surface area contributed by atoms with Crippen LogP contribution in [0.1, 0.15) is 30.6 Å². The van der Waals surface area contributed by atoms with Gasteiger partial charge in [-0.15, -0.1) is 0 Å². The van der Waals surface area contributed by atoms with Gasteiger partial charge in [0.15, 0.2) is 0 Å². The van der Waals surface area contributed by atoms with Crippen LogP contribution < -0.4 is 0 Å². The van der Waals surface area contributed by atoms with E-state index in [0.717, 1.165) is 4.47 Å². The Bertz CT molecular complexity index is 497. The summed E-state index contributed by atoms with van der Waals surface area (Å²) < 4.78 is 11.2. The van der Waals surface area contributed by atoms with Gasteiger partial charge in [0, 0.05) is 10.9 Å². The van der Waals surface area contributed by atoms with Gasteiger partial charge in [0.25, 0.3) is 0 Å². The van der Waals surface area contributed by atoms with Crippen molar-refractivity contribution in [3.05, 3.63) is 34.3 Å². The molecule has 2 unspecified atom stereocenters. The zero-order chi connectivity index (χ0) is 14.0. The first-order chi connectivity index (χ1) is 8.93. The van der Waals surface area contributed by atoms with Gasteiger partial charge in [0.2, 0.25) is 0 Å². The van der Waals surface area contributed by atoms with Crippen LogP contribution in [0, 0.1) is 5.41 Å². The van der Waals surface area contributed by atoms with Crippen LogP contribution in [0.4, 0.5) is 0 Å². The summed E-state index contributed by atoms with van der Waals surface area (Å²) in [4.78, 5) is 23.7. The van der Waals surface area contributed by atoms with E-state index in [1.54, 1.807) is 38.1 Å². The second kappa shape index (κ2) is 5.33. The van der Waals surface area contributed by atoms with Crippen molar-refractivity contribution in [2.45, 2.75) is 26.4 Å². The van der Waals surface area contributed by atoms with Gasteiger partial charge >= 0.3 is 11.9 Å². The van der Waals surface area contributed by atoms with Gasteiger partial charge < -0.3 is 9.47 Å². The van der Waals surface area contributed by atoms with E-state index in [2.05, 4.69) is 15.9 Å². The minimum absolute atomic E-state index is 0.302. The van der Waals surface area contributed by atoms with Crippen LogP contribution in [0.3, 0.4) is 0 Å². The summed E-state index contributed by atoms with van der Waals surface area (Å²) in [7, 11) is 0. The van der Waals surface area contributed by atoms with Gasteiger partial charge in [-0.05, 0) is 38.1 Å². The van der Waals surface area contributed by atoms with Crippen molar-refractivity contribution in [2.24, 2.45) is 5.41 Å². The van der Waals surface area contributed by atoms with Gasteiger partial charge in [-0.1, -0.05) is 15.9 Å². The Kier molecular flexibility index (Phi) is 3.94. The number of ether oxygens (including phenoxy) is 2. The zero-order valence-corrected chi connectivity index (χ0v) is 12.4. The monoisotopic (exact) mass is 326 g/mol. The molecule has 1 saturated heterocycles. The minimum atomic E-state index is -0.745. The lowest BCUT2D eigenvalue weighted by Gasteiger charge is -2.26. The summed E-state index contributed by atoms with van der Waals surface area (Å²) in [5.41, 5.74) is -0.282.